The van der Waals surface area contributed by atoms with Gasteiger partial charge in [0.25, 0.3) is 0 Å². The number of nitrogens with two attached hydrogens (primary N) is 1. The van der Waals surface area contributed by atoms with Gasteiger partial charge in [0.15, 0.2) is 0 Å². The van der Waals surface area contributed by atoms with Crippen molar-refractivity contribution >= 4 is 5.91 Å². The van der Waals surface area contributed by atoms with Crippen molar-refractivity contribution < 1.29 is 4.79 Å². The van der Waals surface area contributed by atoms with Crippen molar-refractivity contribution in [3.8, 4) is 5.69 Å². The van der Waals surface area contributed by atoms with Crippen LogP contribution in [0.3, 0.4) is 0 Å². The first-order valence-electron chi connectivity index (χ1n) is 5.34. The van der Waals surface area contributed by atoms with E-state index in [1.807, 2.05) is 36.5 Å². The predicted octanol–water partition coefficient (Wildman–Crippen LogP) is 0.447. The van der Waals surface area contributed by atoms with E-state index < -0.39 is 0 Å². The number of nitrogens with zero attached hydrogens (tertiary/aromatic N) is 2. The average Bonchev–Trinajstić information content (AvgIpc) is 2.78. The number of amides is 1. The topological polar surface area (TPSA) is 72.9 Å². The molecular formula is C12H14N4O. The summed E-state index contributed by atoms with van der Waals surface area (Å²) in [6.07, 6.45) is 3.68. The maximum Gasteiger partial charge on any atom is 0.231 e. The number of hydrogen-bond donors (Lipinski definition) is 2. The summed E-state index contributed by atoms with van der Waals surface area (Å²) in [5.74, 6) is -0.361. The lowest BCUT2D eigenvalue weighted by Crippen LogP contribution is -2.27. The molecule has 0 saturated heterocycles. The third-order valence-electron chi connectivity index (χ3n) is 2.29. The molecule has 0 unspecified atom stereocenters. The van der Waals surface area contributed by atoms with Crippen molar-refractivity contribution in [2.45, 2.75) is 6.54 Å². The summed E-state index contributed by atoms with van der Waals surface area (Å²) in [6.45, 7) is 0.756. The molecule has 1 heterocycles. The highest BCUT2D eigenvalue weighted by atomic mass is 16.1. The molecule has 2 aromatic rings. The zero-order valence-corrected chi connectivity index (χ0v) is 9.34. The van der Waals surface area contributed by atoms with Crippen LogP contribution < -0.4 is 11.1 Å². The average molecular weight is 230 g/mol. The van der Waals surface area contributed by atoms with E-state index in [9.17, 15) is 4.79 Å². The van der Waals surface area contributed by atoms with Gasteiger partial charge in [-0.1, -0.05) is 18.2 Å². The van der Waals surface area contributed by atoms with Crippen molar-refractivity contribution in [1.29, 1.82) is 0 Å². The quantitative estimate of drug-likeness (QED) is 0.783. The first kappa shape index (κ1) is 11.3. The number of carbonyl (C=O) groups is 1. The number of rotatable bonds is 5. The molecule has 5 nitrogen and oxygen atoms in total. The van der Waals surface area contributed by atoms with Crippen LogP contribution in [0.1, 0.15) is 5.56 Å². The number of benzene rings is 1. The molecule has 0 bridgehead atoms. The largest absolute Gasteiger partial charge is 0.369 e. The van der Waals surface area contributed by atoms with Crippen LogP contribution in [-0.4, -0.2) is 22.2 Å². The Bertz CT molecular complexity index is 492. The van der Waals surface area contributed by atoms with E-state index in [4.69, 9.17) is 5.73 Å². The van der Waals surface area contributed by atoms with E-state index in [1.165, 1.54) is 0 Å². The Balaban J connectivity index is 1.99. The number of nitrogens with one attached hydrogen (secondary N) is 1. The van der Waals surface area contributed by atoms with E-state index in [1.54, 1.807) is 10.9 Å². The molecule has 0 saturated carbocycles. The van der Waals surface area contributed by atoms with E-state index in [0.29, 0.717) is 6.54 Å². The summed E-state index contributed by atoms with van der Waals surface area (Å²) in [5.41, 5.74) is 7.05. The molecule has 2 rings (SSSR count). The summed E-state index contributed by atoms with van der Waals surface area (Å²) < 4.78 is 1.79. The van der Waals surface area contributed by atoms with Crippen molar-refractivity contribution in [3.05, 3.63) is 48.3 Å². The lowest BCUT2D eigenvalue weighted by Gasteiger charge is -2.00. The number of primary amides is 1. The molecule has 0 fully saturated rings. The maximum absolute atomic E-state index is 10.6. The zero-order chi connectivity index (χ0) is 12.1. The van der Waals surface area contributed by atoms with Crippen molar-refractivity contribution in [1.82, 2.24) is 15.1 Å². The second-order valence-corrected chi connectivity index (χ2v) is 3.70. The van der Waals surface area contributed by atoms with Crippen LogP contribution >= 0.6 is 0 Å². The summed E-state index contributed by atoms with van der Waals surface area (Å²) in [7, 11) is 0. The number of aromatic nitrogens is 2. The van der Waals surface area contributed by atoms with Crippen LogP contribution in [0.2, 0.25) is 0 Å². The van der Waals surface area contributed by atoms with Crippen LogP contribution in [0.15, 0.2) is 42.7 Å². The second kappa shape index (κ2) is 5.27. The summed E-state index contributed by atoms with van der Waals surface area (Å²) in [6, 6.07) is 9.84. The Hall–Kier alpha value is -2.14. The van der Waals surface area contributed by atoms with Gasteiger partial charge in [-0.05, 0) is 12.1 Å². The Kier molecular flexibility index (Phi) is 3.52. The Morgan fingerprint density at radius 2 is 2.12 bits per heavy atom. The van der Waals surface area contributed by atoms with Gasteiger partial charge in [0.1, 0.15) is 0 Å². The van der Waals surface area contributed by atoms with Gasteiger partial charge >= 0.3 is 0 Å². The number of hydrogen-bond acceptors (Lipinski definition) is 3. The highest BCUT2D eigenvalue weighted by Gasteiger charge is 2.00. The molecule has 17 heavy (non-hydrogen) atoms. The minimum atomic E-state index is -0.361. The van der Waals surface area contributed by atoms with Crippen LogP contribution in [0, 0.1) is 0 Å². The van der Waals surface area contributed by atoms with E-state index in [2.05, 4.69) is 10.4 Å². The zero-order valence-electron chi connectivity index (χ0n) is 9.34. The fraction of sp³-hybridized carbons (Fsp3) is 0.167. The van der Waals surface area contributed by atoms with Gasteiger partial charge in [-0.25, -0.2) is 4.68 Å². The fourth-order valence-electron chi connectivity index (χ4n) is 1.50. The van der Waals surface area contributed by atoms with Gasteiger partial charge in [0, 0.05) is 18.3 Å². The van der Waals surface area contributed by atoms with Gasteiger partial charge in [-0.2, -0.15) is 5.10 Å². The summed E-state index contributed by atoms with van der Waals surface area (Å²) in [5, 5.41) is 7.18. The van der Waals surface area contributed by atoms with Gasteiger partial charge in [0.05, 0.1) is 18.4 Å². The standard InChI is InChI=1S/C12H14N4O/c13-12(17)8-14-6-10-7-15-16(9-10)11-4-2-1-3-5-11/h1-5,7,9,14H,6,8H2,(H2,13,17). The lowest BCUT2D eigenvalue weighted by molar-refractivity contribution is -0.117. The highest BCUT2D eigenvalue weighted by molar-refractivity contribution is 5.75. The van der Waals surface area contributed by atoms with Gasteiger partial charge < -0.3 is 11.1 Å². The monoisotopic (exact) mass is 230 g/mol. The molecule has 0 aliphatic carbocycles. The molecule has 1 aromatic heterocycles. The Labute approximate surface area is 99.2 Å². The molecule has 3 N–H and O–H groups in total. The SMILES string of the molecule is NC(=O)CNCc1cnn(-c2ccccc2)c1. The molecule has 88 valence electrons. The second-order valence-electron chi connectivity index (χ2n) is 3.70. The summed E-state index contributed by atoms with van der Waals surface area (Å²) in [4.78, 5) is 10.6. The van der Waals surface area contributed by atoms with Crippen molar-refractivity contribution in [2.75, 3.05) is 6.54 Å². The highest BCUT2D eigenvalue weighted by Crippen LogP contribution is 2.07. The molecule has 0 atom stereocenters. The smallest absolute Gasteiger partial charge is 0.231 e. The first-order chi connectivity index (χ1) is 8.25. The van der Waals surface area contributed by atoms with Crippen molar-refractivity contribution in [3.63, 3.8) is 0 Å². The first-order valence-corrected chi connectivity index (χ1v) is 5.34. The van der Waals surface area contributed by atoms with Gasteiger partial charge in [-0.3, -0.25) is 4.79 Å². The molecule has 1 amide bonds. The van der Waals surface area contributed by atoms with Gasteiger partial charge in [-0.15, -0.1) is 0 Å². The summed E-state index contributed by atoms with van der Waals surface area (Å²) >= 11 is 0. The van der Waals surface area contributed by atoms with Crippen LogP contribution in [0.4, 0.5) is 0 Å². The normalized spacial score (nSPS) is 10.4. The van der Waals surface area contributed by atoms with E-state index in [-0.39, 0.29) is 12.5 Å². The van der Waals surface area contributed by atoms with E-state index >= 15 is 0 Å². The molecule has 0 aliphatic rings. The minimum absolute atomic E-state index is 0.177. The third-order valence-corrected chi connectivity index (χ3v) is 2.29. The lowest BCUT2D eigenvalue weighted by atomic mass is 10.3. The Morgan fingerprint density at radius 3 is 2.82 bits per heavy atom. The molecule has 1 aromatic carbocycles. The molecule has 0 radical (unpaired) electrons. The maximum atomic E-state index is 10.6. The predicted molar refractivity (Wildman–Crippen MR) is 64.5 cm³/mol. The number of para-hydroxylation sites is 1. The fourth-order valence-corrected chi connectivity index (χ4v) is 1.50. The molecule has 5 heteroatoms. The van der Waals surface area contributed by atoms with Crippen LogP contribution in [-0.2, 0) is 11.3 Å². The van der Waals surface area contributed by atoms with Crippen LogP contribution in [0.5, 0.6) is 0 Å². The number of carbonyl (C=O) groups excluding carboxylic acids is 1. The minimum Gasteiger partial charge on any atom is -0.369 e. The van der Waals surface area contributed by atoms with Gasteiger partial charge in [0.2, 0.25) is 5.91 Å². The Morgan fingerprint density at radius 1 is 1.35 bits per heavy atom. The van der Waals surface area contributed by atoms with Crippen LogP contribution in [0.25, 0.3) is 5.69 Å². The van der Waals surface area contributed by atoms with E-state index in [0.717, 1.165) is 11.3 Å². The third kappa shape index (κ3) is 3.15. The molecular weight excluding hydrogens is 216 g/mol. The molecule has 0 spiro atoms. The van der Waals surface area contributed by atoms with Crippen molar-refractivity contribution in [2.24, 2.45) is 5.73 Å². The molecule has 0 aliphatic heterocycles.